The van der Waals surface area contributed by atoms with Crippen LogP contribution >= 0.6 is 11.8 Å². The maximum atomic E-state index is 12.1. The lowest BCUT2D eigenvalue weighted by atomic mass is 10.2. The number of carbonyl (C=O) groups excluding carboxylic acids is 1. The first kappa shape index (κ1) is 15.4. The maximum absolute atomic E-state index is 12.1. The number of hydrogen-bond donors (Lipinski definition) is 0. The van der Waals surface area contributed by atoms with E-state index in [0.29, 0.717) is 5.56 Å². The number of nitriles is 1. The van der Waals surface area contributed by atoms with Crippen molar-refractivity contribution in [3.63, 3.8) is 0 Å². The highest BCUT2D eigenvalue weighted by molar-refractivity contribution is 8.00. The second-order valence-electron chi connectivity index (χ2n) is 3.71. The molecule has 0 aliphatic carbocycles. The lowest BCUT2D eigenvalue weighted by molar-refractivity contribution is -0.0328. The minimum atomic E-state index is -4.34. The number of hydrogen-bond acceptors (Lipinski definition) is 3. The van der Waals surface area contributed by atoms with Crippen LogP contribution in [0.15, 0.2) is 29.2 Å². The Morgan fingerprint density at radius 3 is 2.42 bits per heavy atom. The van der Waals surface area contributed by atoms with Gasteiger partial charge in [-0.3, -0.25) is 4.79 Å². The fourth-order valence-corrected chi connectivity index (χ4v) is 1.88. The summed E-state index contributed by atoms with van der Waals surface area (Å²) in [5, 5.41) is 8.41. The molecule has 0 radical (unpaired) electrons. The van der Waals surface area contributed by atoms with Crippen LogP contribution in [0.1, 0.15) is 16.8 Å². The molecule has 1 rings (SSSR count). The zero-order chi connectivity index (χ0) is 14.5. The Bertz CT molecular complexity index is 479. The van der Waals surface area contributed by atoms with E-state index in [1.54, 1.807) is 0 Å². The molecule has 0 atom stereocenters. The Morgan fingerprint density at radius 1 is 1.37 bits per heavy atom. The number of carbonyl (C=O) groups is 1. The molecule has 1 aromatic carbocycles. The van der Waals surface area contributed by atoms with E-state index in [-0.39, 0.29) is 35.5 Å². The fraction of sp³-hybridized carbons (Fsp3) is 0.333. The Balaban J connectivity index is 2.71. The van der Waals surface area contributed by atoms with E-state index in [1.165, 1.54) is 36.2 Å². The predicted octanol–water partition coefficient (Wildman–Crippen LogP) is 3.28. The van der Waals surface area contributed by atoms with Gasteiger partial charge < -0.3 is 4.90 Å². The van der Waals surface area contributed by atoms with Crippen LogP contribution in [-0.2, 0) is 0 Å². The molecular weight excluding hydrogens is 277 g/mol. The highest BCUT2D eigenvalue weighted by atomic mass is 32.2. The topological polar surface area (TPSA) is 44.1 Å². The smallest absolute Gasteiger partial charge is 0.341 e. The summed E-state index contributed by atoms with van der Waals surface area (Å²) in [5.74, 6) is -0.321. The van der Waals surface area contributed by atoms with Gasteiger partial charge in [-0.2, -0.15) is 18.4 Å². The first-order valence-corrected chi connectivity index (χ1v) is 6.13. The van der Waals surface area contributed by atoms with Gasteiger partial charge in [-0.25, -0.2) is 0 Å². The summed E-state index contributed by atoms with van der Waals surface area (Å²) < 4.78 is 36.4. The summed E-state index contributed by atoms with van der Waals surface area (Å²) in [5.41, 5.74) is -4.04. The third-order valence-corrected chi connectivity index (χ3v) is 2.98. The molecule has 0 bridgehead atoms. The maximum Gasteiger partial charge on any atom is 0.446 e. The van der Waals surface area contributed by atoms with Gasteiger partial charge in [-0.15, -0.1) is 0 Å². The molecule has 0 unspecified atom stereocenters. The van der Waals surface area contributed by atoms with Gasteiger partial charge in [-0.05, 0) is 36.0 Å². The van der Waals surface area contributed by atoms with Gasteiger partial charge in [0.15, 0.2) is 0 Å². The van der Waals surface area contributed by atoms with Crippen molar-refractivity contribution in [2.24, 2.45) is 0 Å². The Kier molecular flexibility index (Phi) is 5.24. The number of alkyl halides is 3. The average Bonchev–Trinajstić information content (AvgIpc) is 2.34. The van der Waals surface area contributed by atoms with Crippen molar-refractivity contribution < 1.29 is 18.0 Å². The van der Waals surface area contributed by atoms with Crippen LogP contribution in [0.5, 0.6) is 0 Å². The lowest BCUT2D eigenvalue weighted by Gasteiger charge is -2.15. The second kappa shape index (κ2) is 6.48. The first-order valence-electron chi connectivity index (χ1n) is 5.31. The van der Waals surface area contributed by atoms with Crippen molar-refractivity contribution in [3.8, 4) is 6.07 Å². The van der Waals surface area contributed by atoms with Gasteiger partial charge in [0.05, 0.1) is 12.5 Å². The van der Waals surface area contributed by atoms with Gasteiger partial charge in [-0.1, -0.05) is 0 Å². The van der Waals surface area contributed by atoms with E-state index in [1.807, 2.05) is 6.07 Å². The summed E-state index contributed by atoms with van der Waals surface area (Å²) in [4.78, 5) is 13.2. The quantitative estimate of drug-likeness (QED) is 0.799. The molecule has 102 valence electrons. The summed E-state index contributed by atoms with van der Waals surface area (Å²) in [6, 6.07) is 7.12. The SMILES string of the molecule is CN(CCC#N)C(=O)c1ccc(SC(F)(F)F)cc1. The number of halogens is 3. The minimum absolute atomic E-state index is 0.0312. The van der Waals surface area contributed by atoms with Crippen LogP contribution in [-0.4, -0.2) is 29.9 Å². The molecule has 0 saturated heterocycles. The van der Waals surface area contributed by atoms with Crippen molar-refractivity contribution in [2.75, 3.05) is 13.6 Å². The molecular formula is C12H11F3N2OS. The van der Waals surface area contributed by atoms with Gasteiger partial charge in [0, 0.05) is 24.1 Å². The molecule has 0 aromatic heterocycles. The van der Waals surface area contributed by atoms with Crippen LogP contribution in [0.2, 0.25) is 0 Å². The van der Waals surface area contributed by atoms with Crippen molar-refractivity contribution in [3.05, 3.63) is 29.8 Å². The molecule has 1 amide bonds. The monoisotopic (exact) mass is 288 g/mol. The highest BCUT2D eigenvalue weighted by Crippen LogP contribution is 2.36. The van der Waals surface area contributed by atoms with Crippen molar-refractivity contribution >= 4 is 17.7 Å². The van der Waals surface area contributed by atoms with Crippen molar-refractivity contribution in [2.45, 2.75) is 16.8 Å². The van der Waals surface area contributed by atoms with E-state index in [0.717, 1.165) is 0 Å². The van der Waals surface area contributed by atoms with E-state index in [2.05, 4.69) is 0 Å². The molecule has 0 saturated carbocycles. The second-order valence-corrected chi connectivity index (χ2v) is 4.85. The zero-order valence-corrected chi connectivity index (χ0v) is 10.9. The first-order chi connectivity index (χ1) is 8.83. The van der Waals surface area contributed by atoms with Crippen LogP contribution in [0.25, 0.3) is 0 Å². The molecule has 7 heteroatoms. The van der Waals surface area contributed by atoms with Gasteiger partial charge >= 0.3 is 5.51 Å². The summed E-state index contributed by atoms with van der Waals surface area (Å²) >= 11 is -0.225. The van der Waals surface area contributed by atoms with E-state index in [9.17, 15) is 18.0 Å². The number of nitrogens with zero attached hydrogens (tertiary/aromatic N) is 2. The number of thioether (sulfide) groups is 1. The molecule has 19 heavy (non-hydrogen) atoms. The summed E-state index contributed by atoms with van der Waals surface area (Å²) in [6.07, 6.45) is 0.213. The average molecular weight is 288 g/mol. The van der Waals surface area contributed by atoms with Crippen molar-refractivity contribution in [1.82, 2.24) is 4.90 Å². The summed E-state index contributed by atoms with van der Waals surface area (Å²) in [7, 11) is 1.54. The molecule has 0 spiro atoms. The zero-order valence-electron chi connectivity index (χ0n) is 10.1. The van der Waals surface area contributed by atoms with Crippen LogP contribution in [0, 0.1) is 11.3 Å². The van der Waals surface area contributed by atoms with Crippen LogP contribution < -0.4 is 0 Å². The Morgan fingerprint density at radius 2 is 1.95 bits per heavy atom. The van der Waals surface area contributed by atoms with E-state index in [4.69, 9.17) is 5.26 Å². The van der Waals surface area contributed by atoms with E-state index >= 15 is 0 Å². The van der Waals surface area contributed by atoms with Gasteiger partial charge in [0.25, 0.3) is 5.91 Å². The highest BCUT2D eigenvalue weighted by Gasteiger charge is 2.29. The van der Waals surface area contributed by atoms with Gasteiger partial charge in [0.1, 0.15) is 0 Å². The predicted molar refractivity (Wildman–Crippen MR) is 65.5 cm³/mol. The standard InChI is InChI=1S/C12H11F3N2OS/c1-17(8-2-7-16)11(18)9-3-5-10(6-4-9)19-12(13,14)15/h3-6H,2,8H2,1H3. The molecule has 0 N–H and O–H groups in total. The molecule has 0 aliphatic heterocycles. The Labute approximate surface area is 113 Å². The number of benzene rings is 1. The molecule has 0 aliphatic rings. The number of rotatable bonds is 4. The largest absolute Gasteiger partial charge is 0.446 e. The third kappa shape index (κ3) is 5.22. The minimum Gasteiger partial charge on any atom is -0.341 e. The van der Waals surface area contributed by atoms with E-state index < -0.39 is 5.51 Å². The molecule has 0 fully saturated rings. The van der Waals surface area contributed by atoms with Gasteiger partial charge in [0.2, 0.25) is 0 Å². The van der Waals surface area contributed by atoms with Crippen LogP contribution in [0.3, 0.4) is 0 Å². The third-order valence-electron chi connectivity index (χ3n) is 2.24. The summed E-state index contributed by atoms with van der Waals surface area (Å²) in [6.45, 7) is 0.286. The fourth-order valence-electron chi connectivity index (χ4n) is 1.34. The lowest BCUT2D eigenvalue weighted by Crippen LogP contribution is -2.27. The Hall–Kier alpha value is -1.68. The van der Waals surface area contributed by atoms with Crippen molar-refractivity contribution in [1.29, 1.82) is 5.26 Å². The van der Waals surface area contributed by atoms with Crippen LogP contribution in [0.4, 0.5) is 13.2 Å². The molecule has 1 aromatic rings. The number of amides is 1. The molecule has 3 nitrogen and oxygen atoms in total. The molecule has 0 heterocycles. The normalized spacial score (nSPS) is 10.9.